The second-order valence-corrected chi connectivity index (χ2v) is 11.5. The molecule has 0 radical (unpaired) electrons. The molecule has 174 valence electrons. The minimum absolute atomic E-state index is 0.122. The molecular weight excluding hydrogens is 538 g/mol. The molecule has 5 nitrogen and oxygen atoms in total. The van der Waals surface area contributed by atoms with Crippen LogP contribution in [0.4, 0.5) is 5.69 Å². The zero-order valence-electron chi connectivity index (χ0n) is 18.5. The number of halogens is 2. The minimum Gasteiger partial charge on any atom is -0.426 e. The van der Waals surface area contributed by atoms with Crippen LogP contribution in [0.3, 0.4) is 0 Å². The van der Waals surface area contributed by atoms with E-state index in [2.05, 4.69) is 38.8 Å². The Kier molecular flexibility index (Phi) is 7.76. The molecule has 1 aliphatic heterocycles. The molecule has 0 aromatic heterocycles. The van der Waals surface area contributed by atoms with Crippen LogP contribution in [0.1, 0.15) is 64.7 Å². The van der Waals surface area contributed by atoms with Crippen molar-refractivity contribution in [3.05, 3.63) is 24.3 Å². The zero-order chi connectivity index (χ0) is 22.8. The average Bonchev–Trinajstić information content (AvgIpc) is 3.38. The highest BCUT2D eigenvalue weighted by Crippen LogP contribution is 2.60. The number of hydrogen-bond donors (Lipinski definition) is 0. The number of esters is 1. The molecule has 3 fully saturated rings. The summed E-state index contributed by atoms with van der Waals surface area (Å²) in [5.41, 5.74) is 0.493. The van der Waals surface area contributed by atoms with E-state index in [9.17, 15) is 14.4 Å². The van der Waals surface area contributed by atoms with Crippen LogP contribution >= 0.6 is 31.9 Å². The molecule has 1 aromatic carbocycles. The lowest BCUT2D eigenvalue weighted by atomic mass is 9.81. The number of fused-ring (bicyclic) bond motifs is 5. The number of hydrogen-bond acceptors (Lipinski definition) is 4. The van der Waals surface area contributed by atoms with Gasteiger partial charge in [-0.1, -0.05) is 83.4 Å². The Balaban J connectivity index is 1.34. The van der Waals surface area contributed by atoms with Crippen molar-refractivity contribution in [1.82, 2.24) is 0 Å². The number of rotatable bonds is 10. The molecule has 2 amide bonds. The smallest absolute Gasteiger partial charge is 0.311 e. The van der Waals surface area contributed by atoms with Gasteiger partial charge in [-0.25, -0.2) is 4.90 Å². The van der Waals surface area contributed by atoms with Crippen molar-refractivity contribution in [3.63, 3.8) is 0 Å². The maximum atomic E-state index is 13.2. The number of carbonyl (C=O) groups excluding carboxylic acids is 3. The van der Waals surface area contributed by atoms with E-state index < -0.39 is 0 Å². The van der Waals surface area contributed by atoms with Gasteiger partial charge in [0.1, 0.15) is 5.75 Å². The van der Waals surface area contributed by atoms with Gasteiger partial charge in [-0.3, -0.25) is 14.4 Å². The van der Waals surface area contributed by atoms with Crippen LogP contribution in [0.15, 0.2) is 24.3 Å². The molecule has 7 heteroatoms. The van der Waals surface area contributed by atoms with Gasteiger partial charge in [-0.2, -0.15) is 0 Å². The van der Waals surface area contributed by atoms with Crippen LogP contribution in [-0.4, -0.2) is 27.4 Å². The van der Waals surface area contributed by atoms with Gasteiger partial charge < -0.3 is 4.74 Å². The van der Waals surface area contributed by atoms with Gasteiger partial charge in [0.2, 0.25) is 11.8 Å². The molecule has 2 saturated carbocycles. The van der Waals surface area contributed by atoms with Crippen LogP contribution in [-0.2, 0) is 14.4 Å². The summed E-state index contributed by atoms with van der Waals surface area (Å²) < 4.78 is 5.51. The van der Waals surface area contributed by atoms with Gasteiger partial charge in [0.15, 0.2) is 0 Å². The van der Waals surface area contributed by atoms with Gasteiger partial charge in [0.25, 0.3) is 0 Å². The standard InChI is InChI=1S/C25H31Br2NO4/c1-2-3-4-5-6-7-8-12-19(29)32-16-11-9-10-15(13-16)28-24(30)20-17-14-18(21(20)25(28)31)23(27)22(17)26/h9-11,13,17-18,20-23H,2-8,12,14H2,1H3/t17-,18-,20-,21-,22-,23+/m1/s1. The fourth-order valence-corrected chi connectivity index (χ4v) is 7.57. The van der Waals surface area contributed by atoms with Crippen LogP contribution in [0, 0.1) is 23.7 Å². The van der Waals surface area contributed by atoms with Crippen molar-refractivity contribution in [2.45, 2.75) is 74.4 Å². The SMILES string of the molecule is CCCCCCCCCC(=O)Oc1cccc(N2C(=O)[C@@H]3[C@H]4C[C@@H]([C@@H](Br)[C@H]4Br)[C@H]3C2=O)c1. The maximum Gasteiger partial charge on any atom is 0.311 e. The van der Waals surface area contributed by atoms with E-state index in [0.29, 0.717) is 17.9 Å². The molecule has 0 spiro atoms. The molecule has 2 aliphatic carbocycles. The molecule has 0 unspecified atom stereocenters. The van der Waals surface area contributed by atoms with Crippen LogP contribution in [0.25, 0.3) is 0 Å². The molecule has 6 atom stereocenters. The third-order valence-corrected chi connectivity index (χ3v) is 10.5. The molecule has 1 aromatic rings. The summed E-state index contributed by atoms with van der Waals surface area (Å²) in [5.74, 6) is -0.284. The van der Waals surface area contributed by atoms with E-state index in [4.69, 9.17) is 4.74 Å². The lowest BCUT2D eigenvalue weighted by Crippen LogP contribution is -2.37. The van der Waals surface area contributed by atoms with Gasteiger partial charge >= 0.3 is 5.97 Å². The number of anilines is 1. The second-order valence-electron chi connectivity index (χ2n) is 9.36. The fraction of sp³-hybridized carbons (Fsp3) is 0.640. The molecule has 3 aliphatic rings. The first-order valence-corrected chi connectivity index (χ1v) is 13.7. The summed E-state index contributed by atoms with van der Waals surface area (Å²) in [6, 6.07) is 6.81. The largest absolute Gasteiger partial charge is 0.426 e. The lowest BCUT2D eigenvalue weighted by molar-refractivity contribution is -0.134. The van der Waals surface area contributed by atoms with Crippen LogP contribution < -0.4 is 9.64 Å². The maximum absolute atomic E-state index is 13.2. The Bertz CT molecular complexity index is 843. The number of carbonyl (C=O) groups is 3. The third kappa shape index (κ3) is 4.56. The van der Waals surface area contributed by atoms with Gasteiger partial charge in [-0.15, -0.1) is 0 Å². The molecule has 1 saturated heterocycles. The zero-order valence-corrected chi connectivity index (χ0v) is 21.6. The van der Waals surface area contributed by atoms with E-state index in [1.54, 1.807) is 24.3 Å². The Morgan fingerprint density at radius 3 is 2.19 bits per heavy atom. The Hall–Kier alpha value is -1.21. The third-order valence-electron chi connectivity index (χ3n) is 7.28. The van der Waals surface area contributed by atoms with Crippen molar-refractivity contribution >= 4 is 55.3 Å². The van der Waals surface area contributed by atoms with Gasteiger partial charge in [0.05, 0.1) is 17.5 Å². The number of unbranched alkanes of at least 4 members (excludes halogenated alkanes) is 6. The highest BCUT2D eigenvalue weighted by molar-refractivity contribution is 9.12. The predicted molar refractivity (Wildman–Crippen MR) is 131 cm³/mol. The highest BCUT2D eigenvalue weighted by Gasteiger charge is 2.66. The Morgan fingerprint density at radius 1 is 0.969 bits per heavy atom. The summed E-state index contributed by atoms with van der Waals surface area (Å²) in [6.07, 6.45) is 9.28. The first-order chi connectivity index (χ1) is 15.4. The van der Waals surface area contributed by atoms with E-state index in [-0.39, 0.29) is 51.1 Å². The number of benzene rings is 1. The Morgan fingerprint density at radius 2 is 1.56 bits per heavy atom. The fourth-order valence-electron chi connectivity index (χ4n) is 5.70. The number of ether oxygens (including phenoxy) is 1. The molecule has 2 bridgehead atoms. The summed E-state index contributed by atoms with van der Waals surface area (Å²) in [7, 11) is 0. The number of amides is 2. The van der Waals surface area contributed by atoms with E-state index >= 15 is 0 Å². The second kappa shape index (κ2) is 10.4. The van der Waals surface area contributed by atoms with Crippen molar-refractivity contribution < 1.29 is 19.1 Å². The summed E-state index contributed by atoms with van der Waals surface area (Å²) in [4.78, 5) is 40.4. The summed E-state index contributed by atoms with van der Waals surface area (Å²) >= 11 is 7.43. The molecule has 4 rings (SSSR count). The van der Waals surface area contributed by atoms with Gasteiger partial charge in [-0.05, 0) is 36.8 Å². The number of alkyl halides is 2. The van der Waals surface area contributed by atoms with Crippen molar-refractivity contribution in [3.8, 4) is 5.75 Å². The Labute approximate surface area is 206 Å². The quantitative estimate of drug-likeness (QED) is 0.114. The lowest BCUT2D eigenvalue weighted by Gasteiger charge is -2.28. The summed E-state index contributed by atoms with van der Waals surface area (Å²) in [6.45, 7) is 2.20. The first-order valence-electron chi connectivity index (χ1n) is 11.9. The van der Waals surface area contributed by atoms with Gasteiger partial charge in [0, 0.05) is 22.1 Å². The van der Waals surface area contributed by atoms with E-state index in [0.717, 1.165) is 25.7 Å². The predicted octanol–water partition coefficient (Wildman–Crippen LogP) is 6.02. The molecule has 1 heterocycles. The molecule has 32 heavy (non-hydrogen) atoms. The topological polar surface area (TPSA) is 63.7 Å². The monoisotopic (exact) mass is 567 g/mol. The van der Waals surface area contributed by atoms with Crippen LogP contribution in [0.2, 0.25) is 0 Å². The van der Waals surface area contributed by atoms with Crippen molar-refractivity contribution in [2.75, 3.05) is 4.90 Å². The minimum atomic E-state index is -0.269. The molecule has 0 N–H and O–H groups in total. The molecular formula is C25H31Br2NO4. The van der Waals surface area contributed by atoms with E-state index in [1.165, 1.54) is 30.6 Å². The van der Waals surface area contributed by atoms with E-state index in [1.807, 2.05) is 0 Å². The number of nitrogens with zero attached hydrogens (tertiary/aromatic N) is 1. The first kappa shape index (κ1) is 23.9. The van der Waals surface area contributed by atoms with Crippen molar-refractivity contribution in [1.29, 1.82) is 0 Å². The highest BCUT2D eigenvalue weighted by atomic mass is 79.9. The normalized spacial score (nSPS) is 30.8. The average molecular weight is 569 g/mol. The summed E-state index contributed by atoms with van der Waals surface area (Å²) in [5, 5.41) is 0. The van der Waals surface area contributed by atoms with Crippen molar-refractivity contribution in [2.24, 2.45) is 23.7 Å². The van der Waals surface area contributed by atoms with Crippen LogP contribution in [0.5, 0.6) is 5.75 Å². The number of imide groups is 1.